The molecule has 1 atom stereocenters. The third kappa shape index (κ3) is 2.09. The minimum atomic E-state index is -0.658. The topological polar surface area (TPSA) is 42.2 Å². The van der Waals surface area contributed by atoms with Gasteiger partial charge in [-0.15, -0.1) is 11.6 Å². The van der Waals surface area contributed by atoms with E-state index in [1.165, 1.54) is 7.11 Å². The van der Waals surface area contributed by atoms with Crippen LogP contribution in [0.3, 0.4) is 0 Å². The van der Waals surface area contributed by atoms with Crippen LogP contribution in [0, 0.1) is 11.3 Å². The van der Waals surface area contributed by atoms with Gasteiger partial charge >= 0.3 is 0 Å². The summed E-state index contributed by atoms with van der Waals surface area (Å²) in [7, 11) is 3.09. The third-order valence-electron chi connectivity index (χ3n) is 1.81. The summed E-state index contributed by atoms with van der Waals surface area (Å²) < 4.78 is 10.1. The summed E-state index contributed by atoms with van der Waals surface area (Å²) in [6.45, 7) is 0. The number of alkyl halides is 1. The van der Waals surface area contributed by atoms with Crippen LogP contribution in [-0.4, -0.2) is 14.2 Å². The summed E-state index contributed by atoms with van der Waals surface area (Å²) >= 11 is 5.76. The van der Waals surface area contributed by atoms with Gasteiger partial charge in [0.25, 0.3) is 0 Å². The Morgan fingerprint density at radius 1 is 1.29 bits per heavy atom. The fourth-order valence-electron chi connectivity index (χ4n) is 1.08. The zero-order valence-electron chi connectivity index (χ0n) is 7.95. The van der Waals surface area contributed by atoms with Gasteiger partial charge in [0.1, 0.15) is 5.38 Å². The van der Waals surface area contributed by atoms with E-state index < -0.39 is 5.38 Å². The van der Waals surface area contributed by atoms with Crippen LogP contribution in [0.4, 0.5) is 0 Å². The fraction of sp³-hybridized carbons (Fsp3) is 0.300. The number of nitriles is 1. The van der Waals surface area contributed by atoms with Crippen LogP contribution in [-0.2, 0) is 0 Å². The lowest BCUT2D eigenvalue weighted by molar-refractivity contribution is 0.354. The van der Waals surface area contributed by atoms with Gasteiger partial charge in [0, 0.05) is 0 Å². The average Bonchev–Trinajstić information content (AvgIpc) is 2.26. The lowest BCUT2D eigenvalue weighted by Gasteiger charge is -2.09. The minimum absolute atomic E-state index is 0.575. The highest BCUT2D eigenvalue weighted by molar-refractivity contribution is 6.22. The van der Waals surface area contributed by atoms with E-state index in [9.17, 15) is 0 Å². The van der Waals surface area contributed by atoms with Crippen molar-refractivity contribution in [3.8, 4) is 17.6 Å². The van der Waals surface area contributed by atoms with E-state index in [2.05, 4.69) is 0 Å². The number of hydrogen-bond acceptors (Lipinski definition) is 3. The zero-order chi connectivity index (χ0) is 10.6. The normalized spacial score (nSPS) is 11.6. The van der Waals surface area contributed by atoms with Crippen molar-refractivity contribution in [3.05, 3.63) is 23.8 Å². The summed E-state index contributed by atoms with van der Waals surface area (Å²) in [6.07, 6.45) is 0. The Morgan fingerprint density at radius 3 is 2.43 bits per heavy atom. The van der Waals surface area contributed by atoms with E-state index in [1.54, 1.807) is 25.3 Å². The SMILES string of the molecule is COc1ccc([C@@H](Cl)C#N)cc1OC. The molecular formula is C10H10ClNO2. The van der Waals surface area contributed by atoms with Crippen LogP contribution in [0.25, 0.3) is 0 Å². The van der Waals surface area contributed by atoms with Crippen molar-refractivity contribution in [2.45, 2.75) is 5.38 Å². The molecule has 0 aliphatic rings. The van der Waals surface area contributed by atoms with Crippen LogP contribution < -0.4 is 9.47 Å². The molecule has 3 nitrogen and oxygen atoms in total. The molecule has 0 fully saturated rings. The molecule has 4 heteroatoms. The number of benzene rings is 1. The monoisotopic (exact) mass is 211 g/mol. The van der Waals surface area contributed by atoms with E-state index in [0.717, 1.165) is 0 Å². The zero-order valence-corrected chi connectivity index (χ0v) is 8.71. The van der Waals surface area contributed by atoms with Crippen molar-refractivity contribution in [3.63, 3.8) is 0 Å². The van der Waals surface area contributed by atoms with Crippen LogP contribution in [0.2, 0.25) is 0 Å². The molecule has 0 unspecified atom stereocenters. The first-order chi connectivity index (χ1) is 6.72. The number of halogens is 1. The van der Waals surface area contributed by atoms with Crippen LogP contribution in [0.1, 0.15) is 10.9 Å². The highest BCUT2D eigenvalue weighted by Gasteiger charge is 2.10. The Hall–Kier alpha value is -1.40. The Bertz CT molecular complexity index is 360. The predicted molar refractivity (Wildman–Crippen MR) is 53.8 cm³/mol. The predicted octanol–water partition coefficient (Wildman–Crippen LogP) is 2.51. The second-order valence-corrected chi connectivity index (χ2v) is 3.04. The Kier molecular flexibility index (Phi) is 3.61. The molecule has 1 aromatic carbocycles. The maximum absolute atomic E-state index is 8.62. The van der Waals surface area contributed by atoms with Crippen molar-refractivity contribution in [1.82, 2.24) is 0 Å². The summed E-state index contributed by atoms with van der Waals surface area (Å²) in [6, 6.07) is 7.09. The van der Waals surface area contributed by atoms with Crippen LogP contribution >= 0.6 is 11.6 Å². The third-order valence-corrected chi connectivity index (χ3v) is 2.16. The van der Waals surface area contributed by atoms with Gasteiger partial charge in [-0.2, -0.15) is 5.26 Å². The molecule has 0 aliphatic carbocycles. The molecule has 0 N–H and O–H groups in total. The van der Waals surface area contributed by atoms with Crippen LogP contribution in [0.15, 0.2) is 18.2 Å². The van der Waals surface area contributed by atoms with Gasteiger partial charge in [0.05, 0.1) is 20.3 Å². The molecule has 0 spiro atoms. The summed E-state index contributed by atoms with van der Waals surface area (Å²) in [5.74, 6) is 1.20. The summed E-state index contributed by atoms with van der Waals surface area (Å²) in [5.41, 5.74) is 0.701. The molecule has 1 rings (SSSR count). The molecule has 0 radical (unpaired) electrons. The van der Waals surface area contributed by atoms with E-state index in [0.29, 0.717) is 17.1 Å². The number of ether oxygens (including phenoxy) is 2. The Balaban J connectivity index is 3.08. The van der Waals surface area contributed by atoms with Crippen molar-refractivity contribution >= 4 is 11.6 Å². The first-order valence-corrected chi connectivity index (χ1v) is 4.42. The lowest BCUT2D eigenvalue weighted by atomic mass is 10.1. The van der Waals surface area contributed by atoms with Gasteiger partial charge in [-0.3, -0.25) is 0 Å². The van der Waals surface area contributed by atoms with Gasteiger partial charge in [-0.25, -0.2) is 0 Å². The van der Waals surface area contributed by atoms with Crippen molar-refractivity contribution in [2.75, 3.05) is 14.2 Å². The molecule has 0 saturated heterocycles. The number of nitrogens with zero attached hydrogens (tertiary/aromatic N) is 1. The van der Waals surface area contributed by atoms with Gasteiger partial charge in [0.15, 0.2) is 11.5 Å². The maximum atomic E-state index is 8.62. The average molecular weight is 212 g/mol. The van der Waals surface area contributed by atoms with Gasteiger partial charge in [-0.05, 0) is 17.7 Å². The van der Waals surface area contributed by atoms with Gasteiger partial charge in [0.2, 0.25) is 0 Å². The Morgan fingerprint density at radius 2 is 1.93 bits per heavy atom. The van der Waals surface area contributed by atoms with Crippen molar-refractivity contribution in [2.24, 2.45) is 0 Å². The lowest BCUT2D eigenvalue weighted by Crippen LogP contribution is -1.93. The van der Waals surface area contributed by atoms with Gasteiger partial charge in [-0.1, -0.05) is 6.07 Å². The number of methoxy groups -OCH3 is 2. The molecular weight excluding hydrogens is 202 g/mol. The molecule has 0 bridgehead atoms. The molecule has 0 aromatic heterocycles. The minimum Gasteiger partial charge on any atom is -0.493 e. The molecule has 0 heterocycles. The summed E-state index contributed by atoms with van der Waals surface area (Å²) in [5, 5.41) is 7.97. The van der Waals surface area contributed by atoms with E-state index in [1.807, 2.05) is 6.07 Å². The second kappa shape index (κ2) is 4.73. The Labute approximate surface area is 87.8 Å². The van der Waals surface area contributed by atoms with E-state index in [4.69, 9.17) is 26.3 Å². The second-order valence-electron chi connectivity index (χ2n) is 2.61. The molecule has 0 amide bonds. The quantitative estimate of drug-likeness (QED) is 0.722. The highest BCUT2D eigenvalue weighted by atomic mass is 35.5. The largest absolute Gasteiger partial charge is 0.493 e. The standard InChI is InChI=1S/C10H10ClNO2/c1-13-9-4-3-7(8(11)6-12)5-10(9)14-2/h3-5,8H,1-2H3/t8-/m0/s1. The molecule has 0 aliphatic heterocycles. The highest BCUT2D eigenvalue weighted by Crippen LogP contribution is 2.31. The molecule has 74 valence electrons. The van der Waals surface area contributed by atoms with Crippen LogP contribution in [0.5, 0.6) is 11.5 Å². The smallest absolute Gasteiger partial charge is 0.161 e. The van der Waals surface area contributed by atoms with Crippen molar-refractivity contribution < 1.29 is 9.47 Å². The number of rotatable bonds is 3. The van der Waals surface area contributed by atoms with E-state index in [-0.39, 0.29) is 0 Å². The summed E-state index contributed by atoms with van der Waals surface area (Å²) in [4.78, 5) is 0. The molecule has 0 saturated carbocycles. The van der Waals surface area contributed by atoms with E-state index >= 15 is 0 Å². The number of hydrogen-bond donors (Lipinski definition) is 0. The fourth-order valence-corrected chi connectivity index (χ4v) is 1.22. The molecule has 14 heavy (non-hydrogen) atoms. The van der Waals surface area contributed by atoms with Crippen molar-refractivity contribution in [1.29, 1.82) is 5.26 Å². The maximum Gasteiger partial charge on any atom is 0.161 e. The first kappa shape index (κ1) is 10.7. The molecule has 1 aromatic rings. The first-order valence-electron chi connectivity index (χ1n) is 3.98. The van der Waals surface area contributed by atoms with Gasteiger partial charge < -0.3 is 9.47 Å².